The van der Waals surface area contributed by atoms with E-state index in [1.165, 1.54) is 6.07 Å². The van der Waals surface area contributed by atoms with Crippen LogP contribution in [0.4, 0.5) is 4.39 Å². The smallest absolute Gasteiger partial charge is 0.137 e. The highest BCUT2D eigenvalue weighted by atomic mass is 79.9. The predicted molar refractivity (Wildman–Crippen MR) is 121 cm³/mol. The Kier molecular flexibility index (Phi) is 6.06. The third-order valence-corrected chi connectivity index (χ3v) is 6.16. The molecule has 0 aromatic heterocycles. The highest BCUT2D eigenvalue weighted by Crippen LogP contribution is 2.36. The first-order valence-electron chi connectivity index (χ1n) is 8.93. The van der Waals surface area contributed by atoms with E-state index in [9.17, 15) is 9.50 Å². The summed E-state index contributed by atoms with van der Waals surface area (Å²) in [5.74, 6) is -0.161. The Bertz CT molecular complexity index is 1110. The van der Waals surface area contributed by atoms with Gasteiger partial charge in [-0.15, -0.1) is 0 Å². The van der Waals surface area contributed by atoms with Crippen LogP contribution in [0.25, 0.3) is 0 Å². The number of benzene rings is 3. The van der Waals surface area contributed by atoms with E-state index in [4.69, 9.17) is 16.6 Å². The van der Waals surface area contributed by atoms with Gasteiger partial charge in [0.05, 0.1) is 4.47 Å². The fraction of sp³-hybridized carbons (Fsp3) is 0.136. The molecule has 0 saturated carbocycles. The van der Waals surface area contributed by atoms with Crippen LogP contribution < -0.4 is 5.32 Å². The number of aromatic hydroxyl groups is 1. The van der Waals surface area contributed by atoms with Crippen molar-refractivity contribution < 1.29 is 9.50 Å². The van der Waals surface area contributed by atoms with E-state index in [0.29, 0.717) is 21.5 Å². The molecular weight excluding hydrogens is 523 g/mol. The third kappa shape index (κ3) is 4.56. The van der Waals surface area contributed by atoms with E-state index in [-0.39, 0.29) is 17.6 Å². The molecule has 1 aliphatic rings. The average molecular weight is 539 g/mol. The van der Waals surface area contributed by atoms with E-state index in [1.54, 1.807) is 30.3 Å². The summed E-state index contributed by atoms with van der Waals surface area (Å²) in [7, 11) is 0. The second-order valence-corrected chi connectivity index (χ2v) is 9.00. The number of hydrogen-bond acceptors (Lipinski definition) is 3. The van der Waals surface area contributed by atoms with Gasteiger partial charge in [0.1, 0.15) is 17.7 Å². The lowest BCUT2D eigenvalue weighted by molar-refractivity contribution is 0.412. The van der Waals surface area contributed by atoms with Crippen molar-refractivity contribution in [2.24, 2.45) is 4.99 Å². The second-order valence-electron chi connectivity index (χ2n) is 6.79. The van der Waals surface area contributed by atoms with Crippen molar-refractivity contribution in [2.75, 3.05) is 0 Å². The van der Waals surface area contributed by atoms with Crippen LogP contribution in [0, 0.1) is 5.82 Å². The quantitative estimate of drug-likeness (QED) is 0.380. The van der Waals surface area contributed by atoms with E-state index < -0.39 is 6.17 Å². The van der Waals surface area contributed by atoms with Crippen molar-refractivity contribution in [3.63, 3.8) is 0 Å². The Morgan fingerprint density at radius 2 is 1.90 bits per heavy atom. The lowest BCUT2D eigenvalue weighted by Crippen LogP contribution is -2.33. The van der Waals surface area contributed by atoms with Crippen molar-refractivity contribution >= 4 is 49.2 Å². The van der Waals surface area contributed by atoms with Crippen molar-refractivity contribution in [1.82, 2.24) is 5.32 Å². The van der Waals surface area contributed by atoms with E-state index >= 15 is 0 Å². The number of hydrogen-bond donors (Lipinski definition) is 2. The van der Waals surface area contributed by atoms with Gasteiger partial charge >= 0.3 is 0 Å². The molecule has 4 rings (SSSR count). The first-order chi connectivity index (χ1) is 13.9. The summed E-state index contributed by atoms with van der Waals surface area (Å²) < 4.78 is 15.1. The number of rotatable bonds is 3. The van der Waals surface area contributed by atoms with Crippen LogP contribution >= 0.6 is 43.5 Å². The number of nitrogens with zero attached hydrogens (tertiary/aromatic N) is 1. The molecule has 0 amide bonds. The standard InChI is InChI=1S/C22H16Br2ClFN2O/c23-14-3-1-2-12(8-14)19-11-20(16-10-15(25)5-7-21(16)29)28-22(27-19)13-4-6-18(26)17(24)9-13/h1-10,20,22,28-29H,11H2/t20-,22+/m0/s1. The molecule has 2 atom stereocenters. The minimum atomic E-state index is -0.405. The van der Waals surface area contributed by atoms with Gasteiger partial charge in [0.25, 0.3) is 0 Å². The first-order valence-corrected chi connectivity index (χ1v) is 10.9. The zero-order chi connectivity index (χ0) is 20.5. The Hall–Kier alpha value is -1.73. The average Bonchev–Trinajstić information content (AvgIpc) is 2.71. The SMILES string of the molecule is Oc1ccc(Cl)cc1[C@@H]1CC(c2cccc(Br)c2)=N[C@@H](c2ccc(F)c(Br)c2)N1. The summed E-state index contributed by atoms with van der Waals surface area (Å²) in [6.07, 6.45) is 0.168. The van der Waals surface area contributed by atoms with Crippen LogP contribution in [0.1, 0.15) is 35.3 Å². The first kappa shape index (κ1) is 20.5. The van der Waals surface area contributed by atoms with Crippen molar-refractivity contribution in [1.29, 1.82) is 0 Å². The molecule has 0 fully saturated rings. The predicted octanol–water partition coefficient (Wildman–Crippen LogP) is 6.93. The molecule has 3 aromatic carbocycles. The van der Waals surface area contributed by atoms with Crippen LogP contribution in [0.5, 0.6) is 5.75 Å². The molecule has 0 aliphatic carbocycles. The van der Waals surface area contributed by atoms with Gasteiger partial charge in [-0.05, 0) is 69.5 Å². The third-order valence-electron chi connectivity index (χ3n) is 4.82. The number of nitrogens with one attached hydrogen (secondary N) is 1. The molecule has 1 heterocycles. The topological polar surface area (TPSA) is 44.6 Å². The maximum atomic E-state index is 13.7. The lowest BCUT2D eigenvalue weighted by atomic mass is 9.93. The van der Waals surface area contributed by atoms with Gasteiger partial charge in [0, 0.05) is 33.2 Å². The Morgan fingerprint density at radius 3 is 2.66 bits per heavy atom. The summed E-state index contributed by atoms with van der Waals surface area (Å²) in [6, 6.07) is 17.6. The molecule has 0 spiro atoms. The van der Waals surface area contributed by atoms with Crippen molar-refractivity contribution in [3.05, 3.63) is 97.1 Å². The normalized spacial score (nSPS) is 19.1. The zero-order valence-electron chi connectivity index (χ0n) is 15.0. The van der Waals surface area contributed by atoms with Crippen LogP contribution in [0.15, 0.2) is 74.6 Å². The van der Waals surface area contributed by atoms with Gasteiger partial charge < -0.3 is 5.11 Å². The molecule has 0 unspecified atom stereocenters. The highest BCUT2D eigenvalue weighted by Gasteiger charge is 2.28. The van der Waals surface area contributed by atoms with Gasteiger partial charge in [-0.1, -0.05) is 45.7 Å². The summed E-state index contributed by atoms with van der Waals surface area (Å²) >= 11 is 12.9. The Balaban J connectivity index is 1.79. The fourth-order valence-electron chi connectivity index (χ4n) is 3.41. The summed E-state index contributed by atoms with van der Waals surface area (Å²) in [4.78, 5) is 4.89. The molecule has 0 bridgehead atoms. The zero-order valence-corrected chi connectivity index (χ0v) is 19.0. The molecule has 29 heavy (non-hydrogen) atoms. The van der Waals surface area contributed by atoms with E-state index in [2.05, 4.69) is 37.2 Å². The Morgan fingerprint density at radius 1 is 1.07 bits per heavy atom. The van der Waals surface area contributed by atoms with E-state index in [1.807, 2.05) is 24.3 Å². The maximum absolute atomic E-state index is 13.7. The number of aliphatic imine (C=N–C) groups is 1. The molecular formula is C22H16Br2ClFN2O. The highest BCUT2D eigenvalue weighted by molar-refractivity contribution is 9.10. The minimum absolute atomic E-state index is 0.168. The summed E-state index contributed by atoms with van der Waals surface area (Å²) in [5.41, 5.74) is 3.39. The van der Waals surface area contributed by atoms with Gasteiger partial charge in [-0.2, -0.15) is 0 Å². The van der Waals surface area contributed by atoms with Crippen LogP contribution in [-0.2, 0) is 0 Å². The lowest BCUT2D eigenvalue weighted by Gasteiger charge is -2.31. The van der Waals surface area contributed by atoms with Crippen LogP contribution in [-0.4, -0.2) is 10.8 Å². The number of halogens is 4. The molecule has 3 aromatic rings. The molecule has 7 heteroatoms. The van der Waals surface area contributed by atoms with Gasteiger partial charge in [-0.3, -0.25) is 10.3 Å². The van der Waals surface area contributed by atoms with Gasteiger partial charge in [-0.25, -0.2) is 4.39 Å². The largest absolute Gasteiger partial charge is 0.508 e. The summed E-state index contributed by atoms with van der Waals surface area (Å²) in [6.45, 7) is 0. The molecule has 0 saturated heterocycles. The molecule has 2 N–H and O–H groups in total. The Labute approximate surface area is 189 Å². The molecule has 148 valence electrons. The van der Waals surface area contributed by atoms with E-state index in [0.717, 1.165) is 21.3 Å². The van der Waals surface area contributed by atoms with Crippen LogP contribution in [0.2, 0.25) is 5.02 Å². The molecule has 1 aliphatic heterocycles. The number of phenolic OH excluding ortho intramolecular Hbond substituents is 1. The summed E-state index contributed by atoms with van der Waals surface area (Å²) in [5, 5.41) is 14.4. The molecule has 3 nitrogen and oxygen atoms in total. The fourth-order valence-corrected chi connectivity index (χ4v) is 4.38. The van der Waals surface area contributed by atoms with Gasteiger partial charge in [0.2, 0.25) is 0 Å². The minimum Gasteiger partial charge on any atom is -0.508 e. The number of phenols is 1. The second kappa shape index (κ2) is 8.56. The molecule has 0 radical (unpaired) electrons. The maximum Gasteiger partial charge on any atom is 0.137 e. The van der Waals surface area contributed by atoms with Gasteiger partial charge in [0.15, 0.2) is 0 Å². The van der Waals surface area contributed by atoms with Crippen molar-refractivity contribution in [2.45, 2.75) is 18.6 Å². The van der Waals surface area contributed by atoms with Crippen molar-refractivity contribution in [3.8, 4) is 5.75 Å². The monoisotopic (exact) mass is 536 g/mol. The van der Waals surface area contributed by atoms with Crippen LogP contribution in [0.3, 0.4) is 0 Å².